The SMILES string of the molecule is Cc1ccc(C(C)C)cc1C(=O)C[C@]1(O)C(=O)Nc2ccc(Cl)cc21. The van der Waals surface area contributed by atoms with Crippen molar-refractivity contribution in [3.05, 3.63) is 63.7 Å². The van der Waals surface area contributed by atoms with Crippen LogP contribution in [0.2, 0.25) is 5.02 Å². The second-order valence-corrected chi connectivity index (χ2v) is 7.27. The fourth-order valence-electron chi connectivity index (χ4n) is 3.12. The Morgan fingerprint density at radius 1 is 1.24 bits per heavy atom. The Kier molecular flexibility index (Phi) is 4.43. The number of hydrogen-bond donors (Lipinski definition) is 2. The normalized spacial score (nSPS) is 19.0. The summed E-state index contributed by atoms with van der Waals surface area (Å²) in [4.78, 5) is 25.2. The molecule has 0 spiro atoms. The molecule has 1 heterocycles. The maximum atomic E-state index is 12.9. The molecule has 130 valence electrons. The second-order valence-electron chi connectivity index (χ2n) is 6.83. The van der Waals surface area contributed by atoms with Crippen LogP contribution >= 0.6 is 11.6 Å². The van der Waals surface area contributed by atoms with Crippen molar-refractivity contribution in [3.63, 3.8) is 0 Å². The largest absolute Gasteiger partial charge is 0.375 e. The summed E-state index contributed by atoms with van der Waals surface area (Å²) in [6, 6.07) is 10.5. The van der Waals surface area contributed by atoms with Crippen LogP contribution in [0.4, 0.5) is 5.69 Å². The number of anilines is 1. The minimum Gasteiger partial charge on any atom is -0.375 e. The van der Waals surface area contributed by atoms with E-state index < -0.39 is 11.5 Å². The van der Waals surface area contributed by atoms with E-state index in [9.17, 15) is 14.7 Å². The number of ketones is 1. The topological polar surface area (TPSA) is 66.4 Å². The van der Waals surface area contributed by atoms with Gasteiger partial charge in [-0.2, -0.15) is 0 Å². The molecule has 4 nitrogen and oxygen atoms in total. The molecule has 25 heavy (non-hydrogen) atoms. The van der Waals surface area contributed by atoms with Crippen LogP contribution in [0.1, 0.15) is 53.2 Å². The van der Waals surface area contributed by atoms with Crippen molar-refractivity contribution >= 4 is 29.0 Å². The lowest BCUT2D eigenvalue weighted by molar-refractivity contribution is -0.133. The first-order valence-electron chi connectivity index (χ1n) is 8.20. The zero-order valence-electron chi connectivity index (χ0n) is 14.4. The molecular formula is C20H20ClNO3. The summed E-state index contributed by atoms with van der Waals surface area (Å²) in [6.45, 7) is 5.95. The number of nitrogens with one attached hydrogen (secondary N) is 1. The standard InChI is InChI=1S/C20H20ClNO3/c1-11(2)13-5-4-12(3)15(8-13)18(23)10-20(25)16-9-14(21)6-7-17(16)22-19(20)24/h4-9,11,25H,10H2,1-3H3,(H,22,24)/t20-/m1/s1. The van der Waals surface area contributed by atoms with Crippen molar-refractivity contribution in [3.8, 4) is 0 Å². The smallest absolute Gasteiger partial charge is 0.261 e. The van der Waals surface area contributed by atoms with Gasteiger partial charge in [0.25, 0.3) is 5.91 Å². The van der Waals surface area contributed by atoms with Crippen LogP contribution in [0.5, 0.6) is 0 Å². The molecule has 1 amide bonds. The van der Waals surface area contributed by atoms with Crippen LogP contribution in [0.25, 0.3) is 0 Å². The second kappa shape index (κ2) is 6.28. The quantitative estimate of drug-likeness (QED) is 0.806. The van der Waals surface area contributed by atoms with E-state index in [0.29, 0.717) is 21.8 Å². The summed E-state index contributed by atoms with van der Waals surface area (Å²) in [5, 5.41) is 14.0. The molecule has 1 aliphatic rings. The Bertz CT molecular complexity index is 875. The molecule has 2 N–H and O–H groups in total. The zero-order chi connectivity index (χ0) is 18.4. The van der Waals surface area contributed by atoms with Crippen LogP contribution in [0.3, 0.4) is 0 Å². The van der Waals surface area contributed by atoms with Crippen LogP contribution in [-0.2, 0) is 10.4 Å². The van der Waals surface area contributed by atoms with E-state index in [1.807, 2.05) is 25.1 Å². The van der Waals surface area contributed by atoms with Gasteiger partial charge in [0, 0.05) is 21.8 Å². The Labute approximate surface area is 151 Å². The number of carbonyl (C=O) groups excluding carboxylic acids is 2. The molecule has 5 heteroatoms. The molecular weight excluding hydrogens is 338 g/mol. The van der Waals surface area contributed by atoms with Gasteiger partial charge in [-0.25, -0.2) is 0 Å². The highest BCUT2D eigenvalue weighted by atomic mass is 35.5. The number of aliphatic hydroxyl groups is 1. The lowest BCUT2D eigenvalue weighted by atomic mass is 9.86. The average Bonchev–Trinajstić information content (AvgIpc) is 2.78. The number of rotatable bonds is 4. The Morgan fingerprint density at radius 3 is 2.64 bits per heavy atom. The van der Waals surface area contributed by atoms with E-state index >= 15 is 0 Å². The van der Waals surface area contributed by atoms with Crippen molar-refractivity contribution in [2.45, 2.75) is 38.7 Å². The van der Waals surface area contributed by atoms with Crippen LogP contribution in [0, 0.1) is 6.92 Å². The van der Waals surface area contributed by atoms with Crippen molar-refractivity contribution in [1.29, 1.82) is 0 Å². The maximum absolute atomic E-state index is 12.9. The lowest BCUT2D eigenvalue weighted by Crippen LogP contribution is -2.36. The molecule has 0 aromatic heterocycles. The highest BCUT2D eigenvalue weighted by Gasteiger charge is 2.47. The van der Waals surface area contributed by atoms with E-state index in [1.54, 1.807) is 12.1 Å². The van der Waals surface area contributed by atoms with Gasteiger partial charge in [0.15, 0.2) is 11.4 Å². The summed E-state index contributed by atoms with van der Waals surface area (Å²) in [5.74, 6) is -0.592. The number of Topliss-reactive ketones (excluding diaryl/α,β-unsaturated/α-hetero) is 1. The van der Waals surface area contributed by atoms with E-state index in [2.05, 4.69) is 19.2 Å². The van der Waals surface area contributed by atoms with Gasteiger partial charge in [-0.1, -0.05) is 37.6 Å². The van der Waals surface area contributed by atoms with Crippen molar-refractivity contribution < 1.29 is 14.7 Å². The van der Waals surface area contributed by atoms with Crippen molar-refractivity contribution in [2.24, 2.45) is 0 Å². The number of fused-ring (bicyclic) bond motifs is 1. The van der Waals surface area contributed by atoms with Crippen LogP contribution in [-0.4, -0.2) is 16.8 Å². The number of benzene rings is 2. The number of halogens is 1. The predicted octanol–water partition coefficient (Wildman–Crippen LogP) is 4.18. The van der Waals surface area contributed by atoms with E-state index in [0.717, 1.165) is 11.1 Å². The van der Waals surface area contributed by atoms with E-state index in [1.165, 1.54) is 6.07 Å². The summed E-state index contributed by atoms with van der Waals surface area (Å²) in [5.41, 5.74) is 1.32. The molecule has 1 atom stereocenters. The first-order valence-corrected chi connectivity index (χ1v) is 8.58. The first-order chi connectivity index (χ1) is 11.7. The lowest BCUT2D eigenvalue weighted by Gasteiger charge is -2.21. The number of aryl methyl sites for hydroxylation is 1. The Morgan fingerprint density at radius 2 is 1.96 bits per heavy atom. The van der Waals surface area contributed by atoms with Crippen LogP contribution in [0.15, 0.2) is 36.4 Å². The first kappa shape index (κ1) is 17.6. The highest BCUT2D eigenvalue weighted by molar-refractivity contribution is 6.31. The minimum atomic E-state index is -1.91. The van der Waals surface area contributed by atoms with Crippen molar-refractivity contribution in [2.75, 3.05) is 5.32 Å². The van der Waals surface area contributed by atoms with Crippen LogP contribution < -0.4 is 5.32 Å². The molecule has 0 bridgehead atoms. The Balaban J connectivity index is 1.98. The molecule has 0 unspecified atom stereocenters. The maximum Gasteiger partial charge on any atom is 0.261 e. The summed E-state index contributed by atoms with van der Waals surface area (Å²) >= 11 is 6.00. The van der Waals surface area contributed by atoms with E-state index in [-0.39, 0.29) is 18.1 Å². The average molecular weight is 358 g/mol. The molecule has 2 aromatic rings. The number of carbonyl (C=O) groups is 2. The number of hydrogen-bond acceptors (Lipinski definition) is 3. The van der Waals surface area contributed by atoms with Gasteiger partial charge >= 0.3 is 0 Å². The Hall–Kier alpha value is -2.17. The summed E-state index contributed by atoms with van der Waals surface area (Å²) < 4.78 is 0. The van der Waals surface area contributed by atoms with Gasteiger partial charge in [0.1, 0.15) is 0 Å². The van der Waals surface area contributed by atoms with E-state index in [4.69, 9.17) is 11.6 Å². The van der Waals surface area contributed by atoms with Gasteiger partial charge in [-0.15, -0.1) is 0 Å². The molecule has 0 fully saturated rings. The molecule has 0 aliphatic carbocycles. The summed E-state index contributed by atoms with van der Waals surface area (Å²) in [6.07, 6.45) is -0.325. The fourth-order valence-corrected chi connectivity index (χ4v) is 3.29. The third-order valence-electron chi connectivity index (χ3n) is 4.70. The molecule has 2 aromatic carbocycles. The van der Waals surface area contributed by atoms with Gasteiger partial charge < -0.3 is 10.4 Å². The molecule has 0 saturated heterocycles. The minimum absolute atomic E-state index is 0.273. The van der Waals surface area contributed by atoms with Gasteiger partial charge in [0.2, 0.25) is 0 Å². The van der Waals surface area contributed by atoms with Gasteiger partial charge in [0.05, 0.1) is 6.42 Å². The highest BCUT2D eigenvalue weighted by Crippen LogP contribution is 2.40. The third-order valence-corrected chi connectivity index (χ3v) is 4.93. The number of amides is 1. The zero-order valence-corrected chi connectivity index (χ0v) is 15.1. The molecule has 1 aliphatic heterocycles. The monoisotopic (exact) mass is 357 g/mol. The predicted molar refractivity (Wildman–Crippen MR) is 98.2 cm³/mol. The molecule has 3 rings (SSSR count). The fraction of sp³-hybridized carbons (Fsp3) is 0.300. The molecule has 0 radical (unpaired) electrons. The van der Waals surface area contributed by atoms with Gasteiger partial charge in [-0.05, 0) is 48.2 Å². The third kappa shape index (κ3) is 3.08. The van der Waals surface area contributed by atoms with Gasteiger partial charge in [-0.3, -0.25) is 9.59 Å². The molecule has 0 saturated carbocycles. The van der Waals surface area contributed by atoms with Crippen molar-refractivity contribution in [1.82, 2.24) is 0 Å². The summed E-state index contributed by atoms with van der Waals surface area (Å²) in [7, 11) is 0.